The molecule has 0 fully saturated rings. The van der Waals surface area contributed by atoms with Crippen LogP contribution in [0.2, 0.25) is 0 Å². The molecule has 0 aliphatic rings. The fourth-order valence-corrected chi connectivity index (χ4v) is 1.82. The van der Waals surface area contributed by atoms with Gasteiger partial charge >= 0.3 is 0 Å². The minimum atomic E-state index is 0.0546. The maximum atomic E-state index is 12.1. The molecule has 18 heavy (non-hydrogen) atoms. The van der Waals surface area contributed by atoms with Gasteiger partial charge in [0.1, 0.15) is 5.82 Å². The number of imidazole rings is 1. The molecular formula is C12H17N5O. The summed E-state index contributed by atoms with van der Waals surface area (Å²) in [7, 11) is 1.77. The molecule has 0 saturated heterocycles. The fourth-order valence-electron chi connectivity index (χ4n) is 1.82. The molecular weight excluding hydrogens is 230 g/mol. The van der Waals surface area contributed by atoms with Crippen molar-refractivity contribution in [2.24, 2.45) is 0 Å². The van der Waals surface area contributed by atoms with E-state index in [4.69, 9.17) is 0 Å². The van der Waals surface area contributed by atoms with Crippen molar-refractivity contribution < 1.29 is 4.79 Å². The smallest absolute Gasteiger partial charge is 0.227 e. The first-order valence-corrected chi connectivity index (χ1v) is 5.80. The van der Waals surface area contributed by atoms with E-state index < -0.39 is 0 Å². The average Bonchev–Trinajstić information content (AvgIpc) is 2.94. The molecule has 0 spiro atoms. The van der Waals surface area contributed by atoms with Crippen LogP contribution in [0.25, 0.3) is 0 Å². The number of nitrogens with zero attached hydrogens (tertiary/aromatic N) is 3. The number of H-pyrrole nitrogens is 2. The summed E-state index contributed by atoms with van der Waals surface area (Å²) < 4.78 is 0. The van der Waals surface area contributed by atoms with Gasteiger partial charge in [0, 0.05) is 30.7 Å². The summed E-state index contributed by atoms with van der Waals surface area (Å²) in [5.74, 6) is 0.838. The zero-order valence-corrected chi connectivity index (χ0v) is 10.8. The minimum absolute atomic E-state index is 0.0546. The van der Waals surface area contributed by atoms with Crippen LogP contribution in [0.1, 0.15) is 22.8 Å². The van der Waals surface area contributed by atoms with E-state index in [2.05, 4.69) is 20.2 Å². The van der Waals surface area contributed by atoms with Crippen LogP contribution in [0.4, 0.5) is 0 Å². The number of likely N-dealkylation sites (N-methyl/N-ethyl adjacent to an activating group) is 1. The lowest BCUT2D eigenvalue weighted by atomic mass is 10.1. The number of amides is 1. The van der Waals surface area contributed by atoms with Crippen molar-refractivity contribution in [1.29, 1.82) is 0 Å². The molecule has 0 aliphatic heterocycles. The van der Waals surface area contributed by atoms with Gasteiger partial charge in [0.25, 0.3) is 0 Å². The Morgan fingerprint density at radius 1 is 1.44 bits per heavy atom. The van der Waals surface area contributed by atoms with Gasteiger partial charge in [-0.05, 0) is 13.8 Å². The number of hydrogen-bond donors (Lipinski definition) is 2. The van der Waals surface area contributed by atoms with Gasteiger partial charge in [-0.2, -0.15) is 5.10 Å². The largest absolute Gasteiger partial charge is 0.347 e. The Labute approximate surface area is 105 Å². The molecule has 6 nitrogen and oxygen atoms in total. The quantitative estimate of drug-likeness (QED) is 0.844. The number of nitrogens with one attached hydrogen (secondary N) is 2. The highest BCUT2D eigenvalue weighted by atomic mass is 16.2. The minimum Gasteiger partial charge on any atom is -0.347 e. The van der Waals surface area contributed by atoms with Crippen LogP contribution in [0.15, 0.2) is 12.4 Å². The van der Waals surface area contributed by atoms with Crippen molar-refractivity contribution in [1.82, 2.24) is 25.1 Å². The number of aryl methyl sites for hydroxylation is 2. The van der Waals surface area contributed by atoms with Gasteiger partial charge in [-0.3, -0.25) is 9.89 Å². The standard InChI is InChI=1S/C12H17N5O/c1-8-10(9(2)16-15-8)6-12(18)17(3)7-11-13-4-5-14-11/h4-5H,6-7H2,1-3H3,(H,13,14)(H,15,16). The van der Waals surface area contributed by atoms with Crippen molar-refractivity contribution in [3.8, 4) is 0 Å². The van der Waals surface area contributed by atoms with Gasteiger partial charge in [0.15, 0.2) is 0 Å². The summed E-state index contributed by atoms with van der Waals surface area (Å²) in [6.45, 7) is 4.32. The van der Waals surface area contributed by atoms with Gasteiger partial charge in [-0.25, -0.2) is 4.98 Å². The summed E-state index contributed by atoms with van der Waals surface area (Å²) in [6, 6.07) is 0. The van der Waals surface area contributed by atoms with Gasteiger partial charge in [0.2, 0.25) is 5.91 Å². The Hall–Kier alpha value is -2.11. The fraction of sp³-hybridized carbons (Fsp3) is 0.417. The van der Waals surface area contributed by atoms with E-state index in [9.17, 15) is 4.79 Å². The Bertz CT molecular complexity index is 509. The van der Waals surface area contributed by atoms with E-state index in [1.807, 2.05) is 13.8 Å². The van der Waals surface area contributed by atoms with Crippen LogP contribution < -0.4 is 0 Å². The SMILES string of the molecule is Cc1n[nH]c(C)c1CC(=O)N(C)Cc1ncc[nH]1. The number of aromatic nitrogens is 4. The highest BCUT2D eigenvalue weighted by molar-refractivity contribution is 5.78. The molecule has 2 heterocycles. The Morgan fingerprint density at radius 3 is 2.78 bits per heavy atom. The van der Waals surface area contributed by atoms with Crippen molar-refractivity contribution >= 4 is 5.91 Å². The molecule has 2 rings (SSSR count). The van der Waals surface area contributed by atoms with Crippen LogP contribution in [0.3, 0.4) is 0 Å². The molecule has 0 aromatic carbocycles. The zero-order chi connectivity index (χ0) is 13.1. The van der Waals surface area contributed by atoms with Crippen LogP contribution in [0, 0.1) is 13.8 Å². The third-order valence-corrected chi connectivity index (χ3v) is 2.98. The van der Waals surface area contributed by atoms with E-state index in [0.29, 0.717) is 13.0 Å². The summed E-state index contributed by atoms with van der Waals surface area (Å²) in [4.78, 5) is 20.8. The van der Waals surface area contributed by atoms with Gasteiger partial charge in [0.05, 0.1) is 18.7 Å². The van der Waals surface area contributed by atoms with E-state index in [1.165, 1.54) is 0 Å². The van der Waals surface area contributed by atoms with E-state index in [-0.39, 0.29) is 5.91 Å². The zero-order valence-electron chi connectivity index (χ0n) is 10.8. The number of rotatable bonds is 4. The molecule has 1 amide bonds. The Kier molecular flexibility index (Phi) is 3.45. The first-order valence-electron chi connectivity index (χ1n) is 5.80. The van der Waals surface area contributed by atoms with Crippen molar-refractivity contribution in [3.05, 3.63) is 35.2 Å². The number of hydrogen-bond acceptors (Lipinski definition) is 3. The number of carbonyl (C=O) groups excluding carboxylic acids is 1. The summed E-state index contributed by atoms with van der Waals surface area (Å²) in [5, 5.41) is 6.98. The molecule has 2 aromatic heterocycles. The Balaban J connectivity index is 2.00. The van der Waals surface area contributed by atoms with Crippen molar-refractivity contribution in [2.45, 2.75) is 26.8 Å². The second-order valence-electron chi connectivity index (χ2n) is 4.38. The van der Waals surface area contributed by atoms with E-state index >= 15 is 0 Å². The number of carbonyl (C=O) groups is 1. The molecule has 0 atom stereocenters. The van der Waals surface area contributed by atoms with Crippen molar-refractivity contribution in [3.63, 3.8) is 0 Å². The Morgan fingerprint density at radius 2 is 2.22 bits per heavy atom. The molecule has 96 valence electrons. The third-order valence-electron chi connectivity index (χ3n) is 2.98. The van der Waals surface area contributed by atoms with Crippen LogP contribution >= 0.6 is 0 Å². The molecule has 0 aliphatic carbocycles. The lowest BCUT2D eigenvalue weighted by Crippen LogP contribution is -2.28. The van der Waals surface area contributed by atoms with Gasteiger partial charge < -0.3 is 9.88 Å². The van der Waals surface area contributed by atoms with Crippen LogP contribution in [-0.4, -0.2) is 38.0 Å². The summed E-state index contributed by atoms with van der Waals surface area (Å²) in [6.07, 6.45) is 3.79. The first-order chi connectivity index (χ1) is 8.58. The highest BCUT2D eigenvalue weighted by Gasteiger charge is 2.15. The predicted octanol–water partition coefficient (Wildman–Crippen LogP) is 0.951. The number of aromatic amines is 2. The lowest BCUT2D eigenvalue weighted by Gasteiger charge is -2.15. The van der Waals surface area contributed by atoms with Gasteiger partial charge in [-0.15, -0.1) is 0 Å². The second-order valence-corrected chi connectivity index (χ2v) is 4.38. The molecule has 0 unspecified atom stereocenters. The third kappa shape index (κ3) is 2.58. The first kappa shape index (κ1) is 12.3. The molecule has 0 radical (unpaired) electrons. The maximum Gasteiger partial charge on any atom is 0.227 e. The normalized spacial score (nSPS) is 10.6. The molecule has 2 N–H and O–H groups in total. The second kappa shape index (κ2) is 5.03. The van der Waals surface area contributed by atoms with E-state index in [0.717, 1.165) is 22.8 Å². The summed E-state index contributed by atoms with van der Waals surface area (Å²) in [5.41, 5.74) is 2.81. The highest BCUT2D eigenvalue weighted by Crippen LogP contribution is 2.11. The van der Waals surface area contributed by atoms with Crippen molar-refractivity contribution in [2.75, 3.05) is 7.05 Å². The van der Waals surface area contributed by atoms with E-state index in [1.54, 1.807) is 24.3 Å². The summed E-state index contributed by atoms with van der Waals surface area (Å²) >= 11 is 0. The molecule has 0 bridgehead atoms. The predicted molar refractivity (Wildman–Crippen MR) is 66.8 cm³/mol. The molecule has 0 saturated carbocycles. The average molecular weight is 247 g/mol. The maximum absolute atomic E-state index is 12.1. The van der Waals surface area contributed by atoms with Crippen LogP contribution in [-0.2, 0) is 17.8 Å². The van der Waals surface area contributed by atoms with Gasteiger partial charge in [-0.1, -0.05) is 0 Å². The monoisotopic (exact) mass is 247 g/mol. The lowest BCUT2D eigenvalue weighted by molar-refractivity contribution is -0.129. The topological polar surface area (TPSA) is 77.7 Å². The molecule has 6 heteroatoms. The molecule has 2 aromatic rings. The van der Waals surface area contributed by atoms with Crippen LogP contribution in [0.5, 0.6) is 0 Å².